The summed E-state index contributed by atoms with van der Waals surface area (Å²) in [6.07, 6.45) is 3.17. The van der Waals surface area contributed by atoms with Crippen LogP contribution in [0.25, 0.3) is 0 Å². The van der Waals surface area contributed by atoms with Gasteiger partial charge in [-0.15, -0.1) is 0 Å². The number of ether oxygens (including phenoxy) is 2. The molecule has 1 atom stereocenters. The van der Waals surface area contributed by atoms with Crippen molar-refractivity contribution in [3.05, 3.63) is 34.9 Å². The van der Waals surface area contributed by atoms with Gasteiger partial charge in [-0.2, -0.15) is 0 Å². The zero-order valence-electron chi connectivity index (χ0n) is 12.0. The Hall–Kier alpha value is -1.10. The van der Waals surface area contributed by atoms with E-state index in [2.05, 4.69) is 0 Å². The van der Waals surface area contributed by atoms with Crippen molar-refractivity contribution in [2.75, 3.05) is 19.8 Å². The van der Waals surface area contributed by atoms with E-state index in [0.717, 1.165) is 31.4 Å². The van der Waals surface area contributed by atoms with Crippen LogP contribution in [-0.4, -0.2) is 42.9 Å². The second-order valence-corrected chi connectivity index (χ2v) is 5.94. The Balaban J connectivity index is 1.70. The molecule has 114 valence electrons. The smallest absolute Gasteiger partial charge is 0.227 e. The molecular weight excluding hydrogens is 290 g/mol. The van der Waals surface area contributed by atoms with Gasteiger partial charge in [0.05, 0.1) is 25.7 Å². The minimum Gasteiger partial charge on any atom is -0.348 e. The van der Waals surface area contributed by atoms with Gasteiger partial charge in [0.25, 0.3) is 0 Å². The lowest BCUT2D eigenvalue weighted by Gasteiger charge is -2.38. The molecule has 3 rings (SSSR count). The van der Waals surface area contributed by atoms with Gasteiger partial charge in [-0.25, -0.2) is 0 Å². The van der Waals surface area contributed by atoms with Crippen molar-refractivity contribution in [3.63, 3.8) is 0 Å². The quantitative estimate of drug-likeness (QED) is 0.861. The minimum absolute atomic E-state index is 0.0382. The van der Waals surface area contributed by atoms with Crippen LogP contribution in [0.5, 0.6) is 0 Å². The summed E-state index contributed by atoms with van der Waals surface area (Å²) in [6.45, 7) is 2.01. The van der Waals surface area contributed by atoms with Gasteiger partial charge in [-0.05, 0) is 30.9 Å². The second-order valence-electron chi connectivity index (χ2n) is 5.53. The van der Waals surface area contributed by atoms with Gasteiger partial charge in [-0.3, -0.25) is 4.79 Å². The minimum atomic E-state index is -0.263. The largest absolute Gasteiger partial charge is 0.348 e. The third-order valence-corrected chi connectivity index (χ3v) is 4.50. The third kappa shape index (κ3) is 3.39. The van der Waals surface area contributed by atoms with Crippen LogP contribution in [0.2, 0.25) is 5.02 Å². The summed E-state index contributed by atoms with van der Waals surface area (Å²) in [7, 11) is 0. The first kappa shape index (κ1) is 14.8. The molecule has 2 saturated heterocycles. The summed E-state index contributed by atoms with van der Waals surface area (Å²) in [6, 6.07) is 7.55. The molecule has 0 unspecified atom stereocenters. The van der Waals surface area contributed by atoms with E-state index in [4.69, 9.17) is 21.1 Å². The van der Waals surface area contributed by atoms with Crippen LogP contribution in [0.1, 0.15) is 24.8 Å². The molecule has 2 heterocycles. The van der Waals surface area contributed by atoms with Gasteiger partial charge >= 0.3 is 0 Å². The van der Waals surface area contributed by atoms with Crippen LogP contribution in [0.4, 0.5) is 0 Å². The molecule has 21 heavy (non-hydrogen) atoms. The van der Waals surface area contributed by atoms with E-state index in [1.807, 2.05) is 29.2 Å². The number of carbonyl (C=O) groups excluding carboxylic acids is 1. The van der Waals surface area contributed by atoms with Crippen molar-refractivity contribution < 1.29 is 14.3 Å². The Morgan fingerprint density at radius 1 is 1.24 bits per heavy atom. The molecule has 5 heteroatoms. The number of carbonyl (C=O) groups is 1. The fourth-order valence-electron chi connectivity index (χ4n) is 3.05. The molecule has 0 N–H and O–H groups in total. The molecule has 4 nitrogen and oxygen atoms in total. The number of nitrogens with zero attached hydrogens (tertiary/aromatic N) is 1. The summed E-state index contributed by atoms with van der Waals surface area (Å²) >= 11 is 6.15. The predicted molar refractivity (Wildman–Crippen MR) is 80.2 cm³/mol. The monoisotopic (exact) mass is 309 g/mol. The first-order chi connectivity index (χ1) is 10.3. The molecule has 1 aromatic rings. The van der Waals surface area contributed by atoms with Crippen LogP contribution in [0.15, 0.2) is 24.3 Å². The highest BCUT2D eigenvalue weighted by Gasteiger charge is 2.36. The predicted octanol–water partition coefficient (Wildman–Crippen LogP) is 2.64. The molecular formula is C16H20ClNO3. The molecule has 0 spiro atoms. The summed E-state index contributed by atoms with van der Waals surface area (Å²) in [5.41, 5.74) is 0.877. The van der Waals surface area contributed by atoms with Gasteiger partial charge in [0.15, 0.2) is 6.29 Å². The second kappa shape index (κ2) is 6.77. The highest BCUT2D eigenvalue weighted by molar-refractivity contribution is 6.31. The van der Waals surface area contributed by atoms with E-state index in [0.29, 0.717) is 24.7 Å². The molecule has 2 aliphatic heterocycles. The lowest BCUT2D eigenvalue weighted by atomic mass is 10.00. The lowest BCUT2D eigenvalue weighted by molar-refractivity contribution is -0.149. The fourth-order valence-corrected chi connectivity index (χ4v) is 3.26. The summed E-state index contributed by atoms with van der Waals surface area (Å²) in [5, 5.41) is 0.646. The molecule has 0 radical (unpaired) electrons. The molecule has 1 amide bonds. The van der Waals surface area contributed by atoms with Crippen LogP contribution in [0.3, 0.4) is 0 Å². The number of likely N-dealkylation sites (tertiary alicyclic amines) is 1. The van der Waals surface area contributed by atoms with Crippen molar-refractivity contribution in [3.8, 4) is 0 Å². The third-order valence-electron chi connectivity index (χ3n) is 4.13. The SMILES string of the molecule is O=C(Cc1ccccc1Cl)N1CCCC[C@H]1C1OCCO1. The number of hydrogen-bond donors (Lipinski definition) is 0. The molecule has 1 aromatic carbocycles. The van der Waals surface area contributed by atoms with Gasteiger partial charge in [0.1, 0.15) is 0 Å². The summed E-state index contributed by atoms with van der Waals surface area (Å²) in [5.74, 6) is 0.104. The maximum atomic E-state index is 12.6. The van der Waals surface area contributed by atoms with Crippen LogP contribution in [-0.2, 0) is 20.7 Å². The average Bonchev–Trinajstić information content (AvgIpc) is 3.04. The first-order valence-corrected chi connectivity index (χ1v) is 7.89. The van der Waals surface area contributed by atoms with Crippen molar-refractivity contribution >= 4 is 17.5 Å². The Kier molecular flexibility index (Phi) is 4.78. The van der Waals surface area contributed by atoms with E-state index in [1.165, 1.54) is 0 Å². The maximum Gasteiger partial charge on any atom is 0.227 e. The van der Waals surface area contributed by atoms with Crippen molar-refractivity contribution in [1.82, 2.24) is 4.90 Å². The van der Waals surface area contributed by atoms with E-state index in [1.54, 1.807) is 0 Å². The zero-order chi connectivity index (χ0) is 14.7. The van der Waals surface area contributed by atoms with Crippen molar-refractivity contribution in [2.24, 2.45) is 0 Å². The summed E-state index contributed by atoms with van der Waals surface area (Å²) < 4.78 is 11.2. The number of halogens is 1. The van der Waals surface area contributed by atoms with E-state index >= 15 is 0 Å². The Morgan fingerprint density at radius 3 is 2.76 bits per heavy atom. The normalized spacial score (nSPS) is 23.5. The van der Waals surface area contributed by atoms with E-state index < -0.39 is 0 Å². The standard InChI is InChI=1S/C16H20ClNO3/c17-13-6-2-1-5-12(13)11-15(19)18-8-4-3-7-14(18)16-20-9-10-21-16/h1-2,5-6,14,16H,3-4,7-11H2/t14-/m0/s1. The topological polar surface area (TPSA) is 38.8 Å². The van der Waals surface area contributed by atoms with Gasteiger partial charge < -0.3 is 14.4 Å². The van der Waals surface area contributed by atoms with Crippen LogP contribution < -0.4 is 0 Å². The number of amides is 1. The highest BCUT2D eigenvalue weighted by Crippen LogP contribution is 2.26. The number of benzene rings is 1. The maximum absolute atomic E-state index is 12.6. The molecule has 0 bridgehead atoms. The highest BCUT2D eigenvalue weighted by atomic mass is 35.5. The fraction of sp³-hybridized carbons (Fsp3) is 0.562. The van der Waals surface area contributed by atoms with Gasteiger partial charge in [-0.1, -0.05) is 29.8 Å². The molecule has 0 aromatic heterocycles. The molecule has 2 aliphatic rings. The number of hydrogen-bond acceptors (Lipinski definition) is 3. The first-order valence-electron chi connectivity index (χ1n) is 7.52. The van der Waals surface area contributed by atoms with Crippen LogP contribution >= 0.6 is 11.6 Å². The van der Waals surface area contributed by atoms with Gasteiger partial charge in [0.2, 0.25) is 5.91 Å². The summed E-state index contributed by atoms with van der Waals surface area (Å²) in [4.78, 5) is 14.6. The van der Waals surface area contributed by atoms with Gasteiger partial charge in [0, 0.05) is 11.6 Å². The number of piperidine rings is 1. The Morgan fingerprint density at radius 2 is 2.00 bits per heavy atom. The van der Waals surface area contributed by atoms with E-state index in [9.17, 15) is 4.79 Å². The van der Waals surface area contributed by atoms with E-state index in [-0.39, 0.29) is 18.2 Å². The average molecular weight is 310 g/mol. The van der Waals surface area contributed by atoms with Crippen LogP contribution in [0, 0.1) is 0 Å². The molecule has 2 fully saturated rings. The molecule has 0 saturated carbocycles. The van der Waals surface area contributed by atoms with Crippen molar-refractivity contribution in [2.45, 2.75) is 38.0 Å². The Bertz CT molecular complexity index is 502. The van der Waals surface area contributed by atoms with Crippen molar-refractivity contribution in [1.29, 1.82) is 0 Å². The number of rotatable bonds is 3. The Labute approximate surface area is 130 Å². The molecule has 0 aliphatic carbocycles. The lowest BCUT2D eigenvalue weighted by Crippen LogP contribution is -2.50. The zero-order valence-corrected chi connectivity index (χ0v) is 12.7.